The van der Waals surface area contributed by atoms with Gasteiger partial charge in [-0.15, -0.1) is 0 Å². The molecule has 2 N–H and O–H groups in total. The fourth-order valence-corrected chi connectivity index (χ4v) is 4.72. The van der Waals surface area contributed by atoms with Crippen LogP contribution in [-0.4, -0.2) is 37.1 Å². The molecule has 0 aromatic heterocycles. The van der Waals surface area contributed by atoms with Crippen molar-refractivity contribution < 1.29 is 26.3 Å². The highest BCUT2D eigenvalue weighted by atomic mass is 19.4. The summed E-state index contributed by atoms with van der Waals surface area (Å²) in [5.41, 5.74) is 3.40. The molecular weight excluding hydrogens is 456 g/mol. The van der Waals surface area contributed by atoms with Gasteiger partial charge in [0.25, 0.3) is 0 Å². The number of benzene rings is 2. The second kappa shape index (κ2) is 10.7. The van der Waals surface area contributed by atoms with Gasteiger partial charge in [-0.2, -0.15) is 26.3 Å². The van der Waals surface area contributed by atoms with Gasteiger partial charge in [0.2, 0.25) is 0 Å². The lowest BCUT2D eigenvalue weighted by Crippen LogP contribution is -2.42. The molecule has 0 bridgehead atoms. The van der Waals surface area contributed by atoms with E-state index in [0.717, 1.165) is 44.5 Å². The third kappa shape index (κ3) is 6.46. The molecule has 0 radical (unpaired) electrons. The molecule has 2 aromatic carbocycles. The molecule has 1 atom stereocenters. The first-order valence-electron chi connectivity index (χ1n) is 11.2. The second-order valence-electron chi connectivity index (χ2n) is 8.61. The molecule has 3 nitrogen and oxygen atoms in total. The van der Waals surface area contributed by atoms with E-state index >= 15 is 0 Å². The van der Waals surface area contributed by atoms with Crippen LogP contribution >= 0.6 is 0 Å². The number of hydrogen-bond acceptors (Lipinski definition) is 3. The summed E-state index contributed by atoms with van der Waals surface area (Å²) in [6.07, 6.45) is -5.67. The molecule has 0 aliphatic carbocycles. The van der Waals surface area contributed by atoms with Crippen LogP contribution in [0.5, 0.6) is 0 Å². The van der Waals surface area contributed by atoms with E-state index in [2.05, 4.69) is 29.3 Å². The zero-order valence-corrected chi connectivity index (χ0v) is 18.7. The summed E-state index contributed by atoms with van der Waals surface area (Å²) >= 11 is 0. The smallest absolute Gasteiger partial charge is 0.405 e. The molecule has 1 unspecified atom stereocenters. The minimum Gasteiger partial charge on any atom is -0.405 e. The van der Waals surface area contributed by atoms with E-state index < -0.39 is 23.5 Å². The van der Waals surface area contributed by atoms with Gasteiger partial charge >= 0.3 is 12.4 Å². The third-order valence-electron chi connectivity index (χ3n) is 6.42. The highest BCUT2D eigenvalue weighted by molar-refractivity contribution is 5.53. The summed E-state index contributed by atoms with van der Waals surface area (Å²) in [5, 5.41) is 0. The Bertz CT molecular complexity index is 902. The maximum absolute atomic E-state index is 13.2. The van der Waals surface area contributed by atoms with Gasteiger partial charge in [0.05, 0.1) is 11.1 Å². The van der Waals surface area contributed by atoms with E-state index in [9.17, 15) is 26.3 Å². The zero-order valence-electron chi connectivity index (χ0n) is 18.7. The normalized spacial score (nSPS) is 20.1. The number of nitrogens with two attached hydrogens (primary N) is 1. The maximum atomic E-state index is 13.2. The molecule has 2 aromatic rings. The SMILES string of the molecule is C=CN.FC(F)(F)c1cc(N2CCC(N3CCC(c4ccccc4)CC3)C2)cc(C(F)(F)F)c1. The first-order valence-corrected chi connectivity index (χ1v) is 11.2. The van der Waals surface area contributed by atoms with Crippen molar-refractivity contribution in [3.63, 3.8) is 0 Å². The standard InChI is InChI=1S/C23H24F6N2.C2H5N/c24-22(25,26)18-12-19(23(27,28)29)14-21(13-18)31-11-8-20(15-31)30-9-6-17(7-10-30)16-4-2-1-3-5-16;1-2-3/h1-5,12-14,17,20H,6-11,15H2;2H,1,3H2. The van der Waals surface area contributed by atoms with Gasteiger partial charge in [0.1, 0.15) is 0 Å². The third-order valence-corrected chi connectivity index (χ3v) is 6.42. The highest BCUT2D eigenvalue weighted by Crippen LogP contribution is 2.39. The van der Waals surface area contributed by atoms with Crippen LogP contribution in [0.2, 0.25) is 0 Å². The first kappa shape index (κ1) is 25.9. The van der Waals surface area contributed by atoms with Gasteiger partial charge in [0.15, 0.2) is 0 Å². The van der Waals surface area contributed by atoms with Gasteiger partial charge in [-0.3, -0.25) is 4.90 Å². The van der Waals surface area contributed by atoms with Crippen molar-refractivity contribution >= 4 is 5.69 Å². The van der Waals surface area contributed by atoms with Crippen molar-refractivity contribution in [2.45, 2.75) is 43.6 Å². The summed E-state index contributed by atoms with van der Waals surface area (Å²) in [4.78, 5) is 3.98. The van der Waals surface area contributed by atoms with Crippen molar-refractivity contribution in [2.24, 2.45) is 5.73 Å². The van der Waals surface area contributed by atoms with Crippen LogP contribution in [0.1, 0.15) is 41.9 Å². The van der Waals surface area contributed by atoms with Gasteiger partial charge in [-0.25, -0.2) is 0 Å². The Labute approximate surface area is 195 Å². The van der Waals surface area contributed by atoms with Crippen molar-refractivity contribution in [3.05, 3.63) is 78.0 Å². The Kier molecular flexibility index (Phi) is 8.17. The Morgan fingerprint density at radius 1 is 0.824 bits per heavy atom. The fraction of sp³-hybridized carbons (Fsp3) is 0.440. The summed E-state index contributed by atoms with van der Waals surface area (Å²) in [7, 11) is 0. The molecule has 2 heterocycles. The van der Waals surface area contributed by atoms with Crippen LogP contribution in [0.25, 0.3) is 0 Å². The lowest BCUT2D eigenvalue weighted by molar-refractivity contribution is -0.143. The van der Waals surface area contributed by atoms with Gasteiger partial charge < -0.3 is 10.6 Å². The molecule has 2 saturated heterocycles. The van der Waals surface area contributed by atoms with E-state index in [1.54, 1.807) is 4.90 Å². The Balaban J connectivity index is 0.00000103. The van der Waals surface area contributed by atoms with Crippen molar-refractivity contribution in [3.8, 4) is 0 Å². The average molecular weight is 486 g/mol. The van der Waals surface area contributed by atoms with E-state index in [1.165, 1.54) is 11.8 Å². The molecule has 9 heteroatoms. The number of halogens is 6. The number of piperidine rings is 1. The van der Waals surface area contributed by atoms with Crippen LogP contribution in [0, 0.1) is 0 Å². The lowest BCUT2D eigenvalue weighted by Gasteiger charge is -2.36. The summed E-state index contributed by atoms with van der Waals surface area (Å²) in [6.45, 7) is 5.79. The molecule has 0 saturated carbocycles. The topological polar surface area (TPSA) is 32.5 Å². The minimum atomic E-state index is -4.82. The summed E-state index contributed by atoms with van der Waals surface area (Å²) < 4.78 is 79.0. The van der Waals surface area contributed by atoms with E-state index in [4.69, 9.17) is 0 Å². The average Bonchev–Trinajstić information content (AvgIpc) is 3.29. The van der Waals surface area contributed by atoms with Crippen LogP contribution in [-0.2, 0) is 12.4 Å². The Hall–Kier alpha value is -2.68. The van der Waals surface area contributed by atoms with Gasteiger partial charge in [-0.05, 0) is 68.2 Å². The fourth-order valence-electron chi connectivity index (χ4n) is 4.72. The van der Waals surface area contributed by atoms with Crippen molar-refractivity contribution in [1.29, 1.82) is 0 Å². The molecule has 2 fully saturated rings. The first-order chi connectivity index (χ1) is 16.0. The second-order valence-corrected chi connectivity index (χ2v) is 8.61. The molecule has 4 rings (SSSR count). The van der Waals surface area contributed by atoms with E-state index in [-0.39, 0.29) is 17.8 Å². The predicted octanol–water partition coefficient (Wildman–Crippen LogP) is 6.27. The number of rotatable bonds is 3. The molecule has 186 valence electrons. The number of alkyl halides is 6. The summed E-state index contributed by atoms with van der Waals surface area (Å²) in [5.74, 6) is 0.493. The lowest BCUT2D eigenvalue weighted by atomic mass is 9.89. The number of anilines is 1. The quantitative estimate of drug-likeness (QED) is 0.520. The van der Waals surface area contributed by atoms with Crippen molar-refractivity contribution in [2.75, 3.05) is 31.1 Å². The van der Waals surface area contributed by atoms with Crippen LogP contribution < -0.4 is 10.6 Å². The molecule has 0 amide bonds. The van der Waals surface area contributed by atoms with Gasteiger partial charge in [-0.1, -0.05) is 36.9 Å². The maximum Gasteiger partial charge on any atom is 0.416 e. The number of hydrogen-bond donors (Lipinski definition) is 1. The monoisotopic (exact) mass is 485 g/mol. The number of nitrogens with zero attached hydrogens (tertiary/aromatic N) is 2. The molecule has 0 spiro atoms. The number of likely N-dealkylation sites (tertiary alicyclic amines) is 1. The van der Waals surface area contributed by atoms with E-state index in [0.29, 0.717) is 19.0 Å². The van der Waals surface area contributed by atoms with Crippen LogP contribution in [0.3, 0.4) is 0 Å². The molecule has 2 aliphatic rings. The van der Waals surface area contributed by atoms with Gasteiger partial charge in [0, 0.05) is 24.8 Å². The molecule has 2 aliphatic heterocycles. The Morgan fingerprint density at radius 3 is 1.85 bits per heavy atom. The van der Waals surface area contributed by atoms with E-state index in [1.807, 2.05) is 18.2 Å². The van der Waals surface area contributed by atoms with Crippen LogP contribution in [0.4, 0.5) is 32.0 Å². The van der Waals surface area contributed by atoms with Crippen molar-refractivity contribution in [1.82, 2.24) is 4.90 Å². The largest absolute Gasteiger partial charge is 0.416 e. The minimum absolute atomic E-state index is 0.0104. The molecular formula is C25H29F6N3. The highest BCUT2D eigenvalue weighted by Gasteiger charge is 2.38. The Morgan fingerprint density at radius 2 is 1.35 bits per heavy atom. The predicted molar refractivity (Wildman–Crippen MR) is 121 cm³/mol. The van der Waals surface area contributed by atoms with Crippen LogP contribution in [0.15, 0.2) is 61.3 Å². The zero-order chi connectivity index (χ0) is 24.9. The summed E-state index contributed by atoms with van der Waals surface area (Å²) in [6, 6.07) is 12.3. The molecule has 34 heavy (non-hydrogen) atoms.